The highest BCUT2D eigenvalue weighted by Crippen LogP contribution is 2.25. The molecule has 1 heterocycles. The molecule has 3 aromatic rings. The van der Waals surface area contributed by atoms with Crippen LogP contribution in [0, 0.1) is 0 Å². The molecule has 0 aliphatic heterocycles. The van der Waals surface area contributed by atoms with Crippen molar-refractivity contribution in [3.63, 3.8) is 0 Å². The summed E-state index contributed by atoms with van der Waals surface area (Å²) in [6, 6.07) is 14.5. The summed E-state index contributed by atoms with van der Waals surface area (Å²) in [5.41, 5.74) is 0.721. The van der Waals surface area contributed by atoms with E-state index in [1.54, 1.807) is 29.1 Å². The topological polar surface area (TPSA) is 81.8 Å². The van der Waals surface area contributed by atoms with Crippen molar-refractivity contribution in [1.82, 2.24) is 14.9 Å². The first-order valence-corrected chi connectivity index (χ1v) is 9.01. The number of aromatic nitrogens is 3. The zero-order valence-electron chi connectivity index (χ0n) is 14.4. The second-order valence-corrected chi connectivity index (χ2v) is 5.97. The maximum atomic E-state index is 9.87. The Labute approximate surface area is 155 Å². The van der Waals surface area contributed by atoms with Crippen molar-refractivity contribution in [3.05, 3.63) is 59.9 Å². The highest BCUT2D eigenvalue weighted by Gasteiger charge is 2.11. The van der Waals surface area contributed by atoms with Crippen LogP contribution in [-0.4, -0.2) is 39.6 Å². The fourth-order valence-electron chi connectivity index (χ4n) is 2.21. The number of ether oxygens (including phenoxy) is 2. The second-order valence-electron chi connectivity index (χ2n) is 5.19. The molecule has 2 aromatic carbocycles. The molecule has 0 bridgehead atoms. The van der Waals surface area contributed by atoms with Crippen LogP contribution in [-0.2, 0) is 6.61 Å². The third kappa shape index (κ3) is 4.15. The average Bonchev–Trinajstić information content (AvgIpc) is 3.07. The molecule has 0 radical (unpaired) electrons. The van der Waals surface area contributed by atoms with Crippen molar-refractivity contribution < 1.29 is 14.6 Å². The lowest BCUT2D eigenvalue weighted by atomic mass is 10.2. The van der Waals surface area contributed by atoms with E-state index in [0.717, 1.165) is 11.3 Å². The molecule has 8 heteroatoms. The molecule has 0 saturated carbocycles. The summed E-state index contributed by atoms with van der Waals surface area (Å²) in [4.78, 5) is 0. The van der Waals surface area contributed by atoms with Gasteiger partial charge in [0.25, 0.3) is 0 Å². The van der Waals surface area contributed by atoms with Crippen LogP contribution in [0.15, 0.2) is 58.8 Å². The van der Waals surface area contributed by atoms with E-state index in [4.69, 9.17) is 9.47 Å². The Morgan fingerprint density at radius 1 is 1.19 bits per heavy atom. The number of phenols is 1. The maximum Gasteiger partial charge on any atom is 0.211 e. The van der Waals surface area contributed by atoms with E-state index in [9.17, 15) is 5.11 Å². The van der Waals surface area contributed by atoms with Gasteiger partial charge in [-0.2, -0.15) is 9.78 Å². The number of hydrogen-bond acceptors (Lipinski definition) is 7. The lowest BCUT2D eigenvalue weighted by Gasteiger charge is -2.06. The zero-order valence-corrected chi connectivity index (χ0v) is 15.2. The lowest BCUT2D eigenvalue weighted by molar-refractivity contribution is 0.290. The van der Waals surface area contributed by atoms with Gasteiger partial charge in [-0.05, 0) is 42.2 Å². The van der Waals surface area contributed by atoms with Gasteiger partial charge >= 0.3 is 0 Å². The van der Waals surface area contributed by atoms with Gasteiger partial charge in [0.2, 0.25) is 5.16 Å². The first kappa shape index (κ1) is 17.8. The van der Waals surface area contributed by atoms with Crippen molar-refractivity contribution in [2.24, 2.45) is 5.10 Å². The van der Waals surface area contributed by atoms with Crippen molar-refractivity contribution in [2.45, 2.75) is 11.8 Å². The minimum atomic E-state index is 0.0536. The SMILES string of the molecule is COc1ccc(/C=N\n2c(COc3ccccc3)nnc2SC)cc1O. The molecule has 1 aromatic heterocycles. The number of phenolic OH excluding ortho intramolecular Hbond substituents is 1. The van der Waals surface area contributed by atoms with Crippen molar-refractivity contribution in [3.8, 4) is 17.2 Å². The van der Waals surface area contributed by atoms with Crippen LogP contribution in [0.1, 0.15) is 11.4 Å². The van der Waals surface area contributed by atoms with Crippen LogP contribution in [0.3, 0.4) is 0 Å². The predicted octanol–water partition coefficient (Wildman–Crippen LogP) is 3.18. The smallest absolute Gasteiger partial charge is 0.211 e. The van der Waals surface area contributed by atoms with Gasteiger partial charge in [-0.25, -0.2) is 0 Å². The molecule has 3 rings (SSSR count). The van der Waals surface area contributed by atoms with Crippen LogP contribution in [0.5, 0.6) is 17.2 Å². The summed E-state index contributed by atoms with van der Waals surface area (Å²) in [6.45, 7) is 0.239. The van der Waals surface area contributed by atoms with Crippen LogP contribution >= 0.6 is 11.8 Å². The highest BCUT2D eigenvalue weighted by atomic mass is 32.2. The molecule has 134 valence electrons. The minimum Gasteiger partial charge on any atom is -0.504 e. The molecular weight excluding hydrogens is 352 g/mol. The largest absolute Gasteiger partial charge is 0.504 e. The number of methoxy groups -OCH3 is 1. The average molecular weight is 370 g/mol. The second kappa shape index (κ2) is 8.39. The molecule has 26 heavy (non-hydrogen) atoms. The molecule has 0 saturated heterocycles. The fraction of sp³-hybridized carbons (Fsp3) is 0.167. The normalized spacial score (nSPS) is 11.0. The molecule has 0 fully saturated rings. The third-order valence-electron chi connectivity index (χ3n) is 3.50. The minimum absolute atomic E-state index is 0.0536. The van der Waals surface area contributed by atoms with Crippen molar-refractivity contribution >= 4 is 18.0 Å². The monoisotopic (exact) mass is 370 g/mol. The molecular formula is C18H18N4O3S. The van der Waals surface area contributed by atoms with E-state index < -0.39 is 0 Å². The zero-order chi connectivity index (χ0) is 18.4. The van der Waals surface area contributed by atoms with Gasteiger partial charge in [-0.15, -0.1) is 10.2 Å². The fourth-order valence-corrected chi connectivity index (χ4v) is 2.65. The highest BCUT2D eigenvalue weighted by molar-refractivity contribution is 7.98. The van der Waals surface area contributed by atoms with Gasteiger partial charge in [0.05, 0.1) is 13.3 Å². The van der Waals surface area contributed by atoms with E-state index in [1.165, 1.54) is 18.9 Å². The molecule has 0 atom stereocenters. The number of rotatable bonds is 7. The first-order valence-electron chi connectivity index (χ1n) is 7.78. The lowest BCUT2D eigenvalue weighted by Crippen LogP contribution is -2.04. The number of hydrogen-bond donors (Lipinski definition) is 1. The summed E-state index contributed by atoms with van der Waals surface area (Å²) in [5, 5.41) is 23.2. The number of nitrogens with zero attached hydrogens (tertiary/aromatic N) is 4. The van der Waals surface area contributed by atoms with Gasteiger partial charge < -0.3 is 14.6 Å². The van der Waals surface area contributed by atoms with Crippen LogP contribution < -0.4 is 9.47 Å². The van der Waals surface area contributed by atoms with Gasteiger partial charge in [-0.1, -0.05) is 30.0 Å². The third-order valence-corrected chi connectivity index (χ3v) is 4.12. The Morgan fingerprint density at radius 2 is 2.00 bits per heavy atom. The van der Waals surface area contributed by atoms with Gasteiger partial charge in [0, 0.05) is 0 Å². The number of thioether (sulfide) groups is 1. The molecule has 7 nitrogen and oxygen atoms in total. The Hall–Kier alpha value is -3.00. The van der Waals surface area contributed by atoms with Crippen LogP contribution in [0.2, 0.25) is 0 Å². The Balaban J connectivity index is 1.80. The molecule has 1 N–H and O–H groups in total. The van der Waals surface area contributed by atoms with E-state index in [-0.39, 0.29) is 12.4 Å². The van der Waals surface area contributed by atoms with E-state index in [2.05, 4.69) is 15.3 Å². The molecule has 0 unspecified atom stereocenters. The molecule has 0 aliphatic carbocycles. The van der Waals surface area contributed by atoms with E-state index >= 15 is 0 Å². The summed E-state index contributed by atoms with van der Waals surface area (Å²) in [6.07, 6.45) is 3.52. The number of para-hydroxylation sites is 1. The van der Waals surface area contributed by atoms with Crippen LogP contribution in [0.4, 0.5) is 0 Å². The van der Waals surface area contributed by atoms with Crippen molar-refractivity contribution in [1.29, 1.82) is 0 Å². The quantitative estimate of drug-likeness (QED) is 0.508. The van der Waals surface area contributed by atoms with Gasteiger partial charge in [-0.3, -0.25) is 0 Å². The Morgan fingerprint density at radius 3 is 2.69 bits per heavy atom. The molecule has 0 aliphatic rings. The van der Waals surface area contributed by atoms with E-state index in [0.29, 0.717) is 16.7 Å². The standard InChI is InChI=1S/C18H18N4O3S/c1-24-16-9-8-13(10-15(16)23)11-19-22-17(20-21-18(22)26-2)12-25-14-6-4-3-5-7-14/h3-11,23H,12H2,1-2H3/b19-11-. The Bertz CT molecular complexity index is 897. The van der Waals surface area contributed by atoms with E-state index in [1.807, 2.05) is 36.6 Å². The van der Waals surface area contributed by atoms with Gasteiger partial charge in [0.15, 0.2) is 17.3 Å². The summed E-state index contributed by atoms with van der Waals surface area (Å²) in [5.74, 6) is 1.79. The summed E-state index contributed by atoms with van der Waals surface area (Å²) >= 11 is 1.43. The number of benzene rings is 2. The number of aromatic hydroxyl groups is 1. The molecule has 0 amide bonds. The maximum absolute atomic E-state index is 9.87. The predicted molar refractivity (Wildman–Crippen MR) is 100 cm³/mol. The van der Waals surface area contributed by atoms with Gasteiger partial charge in [0.1, 0.15) is 12.4 Å². The van der Waals surface area contributed by atoms with Crippen molar-refractivity contribution in [2.75, 3.05) is 13.4 Å². The Kier molecular flexibility index (Phi) is 5.75. The van der Waals surface area contributed by atoms with Crippen LogP contribution in [0.25, 0.3) is 0 Å². The first-order chi connectivity index (χ1) is 12.7. The summed E-state index contributed by atoms with van der Waals surface area (Å²) < 4.78 is 12.4. The summed E-state index contributed by atoms with van der Waals surface area (Å²) in [7, 11) is 1.50. The molecule has 0 spiro atoms.